The quantitative estimate of drug-likeness (QED) is 0.722. The highest BCUT2D eigenvalue weighted by Gasteiger charge is 2.36. The summed E-state index contributed by atoms with van der Waals surface area (Å²) in [5.41, 5.74) is 0.481. The third-order valence-electron chi connectivity index (χ3n) is 3.17. The highest BCUT2D eigenvalue weighted by molar-refractivity contribution is 4.96. The van der Waals surface area contributed by atoms with Gasteiger partial charge < -0.3 is 19.6 Å². The average molecular weight is 239 g/mol. The molecule has 4 heteroatoms. The molecule has 0 aliphatic heterocycles. The number of hydrogen-bond acceptors (Lipinski definition) is 4. The zero-order valence-electron chi connectivity index (χ0n) is 10.3. The number of nitrogens with one attached hydrogen (secondary N) is 1. The van der Waals surface area contributed by atoms with E-state index in [4.69, 9.17) is 9.15 Å². The van der Waals surface area contributed by atoms with Crippen LogP contribution in [-0.4, -0.2) is 30.9 Å². The van der Waals surface area contributed by atoms with Crippen molar-refractivity contribution in [1.29, 1.82) is 0 Å². The summed E-state index contributed by atoms with van der Waals surface area (Å²) in [6, 6.07) is 3.69. The van der Waals surface area contributed by atoms with Crippen molar-refractivity contribution in [1.82, 2.24) is 5.32 Å². The van der Waals surface area contributed by atoms with E-state index in [-0.39, 0.29) is 0 Å². The van der Waals surface area contributed by atoms with E-state index in [0.29, 0.717) is 25.2 Å². The summed E-state index contributed by atoms with van der Waals surface area (Å²) in [6.45, 7) is 4.60. The molecule has 1 aliphatic rings. The highest BCUT2D eigenvalue weighted by Crippen LogP contribution is 2.43. The van der Waals surface area contributed by atoms with Crippen LogP contribution in [0.3, 0.4) is 0 Å². The molecule has 0 radical (unpaired) electrons. The molecule has 0 bridgehead atoms. The van der Waals surface area contributed by atoms with Gasteiger partial charge in [0.25, 0.3) is 0 Å². The van der Waals surface area contributed by atoms with Crippen molar-refractivity contribution in [2.45, 2.75) is 32.5 Å². The largest absolute Gasteiger partial charge is 0.467 e. The Morgan fingerprint density at radius 1 is 1.59 bits per heavy atom. The second-order valence-electron chi connectivity index (χ2n) is 5.19. The fraction of sp³-hybridized carbons (Fsp3) is 0.692. The fourth-order valence-electron chi connectivity index (χ4n) is 1.68. The smallest absolute Gasteiger partial charge is 0.129 e. The first-order chi connectivity index (χ1) is 8.18. The standard InChI is InChI=1S/C13H21NO3/c1-13(4-5-13)10-14-7-11(15)8-16-9-12-3-2-6-17-12/h2-3,6,11,14-15H,4-5,7-10H2,1H3. The van der Waals surface area contributed by atoms with Gasteiger partial charge in [0.1, 0.15) is 12.4 Å². The van der Waals surface area contributed by atoms with Gasteiger partial charge in [-0.1, -0.05) is 6.92 Å². The van der Waals surface area contributed by atoms with Crippen molar-refractivity contribution in [2.75, 3.05) is 19.7 Å². The van der Waals surface area contributed by atoms with E-state index >= 15 is 0 Å². The maximum absolute atomic E-state index is 9.68. The molecular weight excluding hydrogens is 218 g/mol. The van der Waals surface area contributed by atoms with Crippen LogP contribution in [-0.2, 0) is 11.3 Å². The predicted molar refractivity (Wildman–Crippen MR) is 64.6 cm³/mol. The van der Waals surface area contributed by atoms with Crippen LogP contribution in [0.25, 0.3) is 0 Å². The van der Waals surface area contributed by atoms with Gasteiger partial charge in [0, 0.05) is 13.1 Å². The molecular formula is C13H21NO3. The molecule has 1 atom stereocenters. The molecule has 96 valence electrons. The molecule has 1 saturated carbocycles. The lowest BCUT2D eigenvalue weighted by atomic mass is 10.1. The normalized spacial score (nSPS) is 19.2. The monoisotopic (exact) mass is 239 g/mol. The number of furan rings is 1. The number of hydrogen-bond donors (Lipinski definition) is 2. The van der Waals surface area contributed by atoms with Crippen LogP contribution in [0.5, 0.6) is 0 Å². The second kappa shape index (κ2) is 5.67. The summed E-state index contributed by atoms with van der Waals surface area (Å²) >= 11 is 0. The van der Waals surface area contributed by atoms with Crippen LogP contribution >= 0.6 is 0 Å². The van der Waals surface area contributed by atoms with Crippen molar-refractivity contribution in [2.24, 2.45) is 5.41 Å². The van der Waals surface area contributed by atoms with Crippen molar-refractivity contribution < 1.29 is 14.3 Å². The van der Waals surface area contributed by atoms with Gasteiger partial charge in [-0.15, -0.1) is 0 Å². The minimum Gasteiger partial charge on any atom is -0.467 e. The van der Waals surface area contributed by atoms with Gasteiger partial charge in [-0.05, 0) is 30.4 Å². The molecule has 1 aromatic rings. The van der Waals surface area contributed by atoms with Gasteiger partial charge in [0.15, 0.2) is 0 Å². The van der Waals surface area contributed by atoms with E-state index < -0.39 is 6.10 Å². The van der Waals surface area contributed by atoms with Crippen molar-refractivity contribution >= 4 is 0 Å². The first kappa shape index (κ1) is 12.6. The summed E-state index contributed by atoms with van der Waals surface area (Å²) in [5.74, 6) is 0.788. The average Bonchev–Trinajstić information content (AvgIpc) is 2.80. The van der Waals surface area contributed by atoms with Gasteiger partial charge in [-0.25, -0.2) is 0 Å². The van der Waals surface area contributed by atoms with Crippen LogP contribution in [0.4, 0.5) is 0 Å². The number of aliphatic hydroxyl groups is 1. The Bertz CT molecular complexity index is 319. The Morgan fingerprint density at radius 2 is 2.41 bits per heavy atom. The Labute approximate surface area is 102 Å². The SMILES string of the molecule is CC1(CNCC(O)COCc2ccco2)CC1. The zero-order valence-corrected chi connectivity index (χ0v) is 10.3. The van der Waals surface area contributed by atoms with Crippen LogP contribution in [0.1, 0.15) is 25.5 Å². The summed E-state index contributed by atoms with van der Waals surface area (Å²) in [4.78, 5) is 0. The zero-order chi connectivity index (χ0) is 12.1. The summed E-state index contributed by atoms with van der Waals surface area (Å²) in [7, 11) is 0. The van der Waals surface area contributed by atoms with E-state index in [1.54, 1.807) is 6.26 Å². The molecule has 1 fully saturated rings. The highest BCUT2D eigenvalue weighted by atomic mass is 16.5. The summed E-state index contributed by atoms with van der Waals surface area (Å²) in [6.07, 6.45) is 3.76. The summed E-state index contributed by atoms with van der Waals surface area (Å²) in [5, 5.41) is 13.0. The molecule has 0 spiro atoms. The molecule has 2 rings (SSSR count). The lowest BCUT2D eigenvalue weighted by molar-refractivity contribution is 0.0223. The first-order valence-corrected chi connectivity index (χ1v) is 6.17. The van der Waals surface area contributed by atoms with Crippen LogP contribution in [0.15, 0.2) is 22.8 Å². The molecule has 4 nitrogen and oxygen atoms in total. The molecule has 2 N–H and O–H groups in total. The van der Waals surface area contributed by atoms with E-state index in [1.807, 2.05) is 12.1 Å². The number of rotatable bonds is 8. The number of aliphatic hydroxyl groups excluding tert-OH is 1. The van der Waals surface area contributed by atoms with Crippen molar-refractivity contribution in [3.8, 4) is 0 Å². The van der Waals surface area contributed by atoms with Crippen molar-refractivity contribution in [3.63, 3.8) is 0 Å². The minimum absolute atomic E-state index is 0.338. The number of ether oxygens (including phenoxy) is 1. The molecule has 1 aliphatic carbocycles. The molecule has 0 amide bonds. The van der Waals surface area contributed by atoms with Gasteiger partial charge in [-0.3, -0.25) is 0 Å². The van der Waals surface area contributed by atoms with E-state index in [2.05, 4.69) is 12.2 Å². The Hall–Kier alpha value is -0.840. The molecule has 0 aromatic carbocycles. The third-order valence-corrected chi connectivity index (χ3v) is 3.17. The second-order valence-corrected chi connectivity index (χ2v) is 5.19. The van der Waals surface area contributed by atoms with Gasteiger partial charge in [0.2, 0.25) is 0 Å². The first-order valence-electron chi connectivity index (χ1n) is 6.17. The lowest BCUT2D eigenvalue weighted by Gasteiger charge is -2.14. The molecule has 17 heavy (non-hydrogen) atoms. The fourth-order valence-corrected chi connectivity index (χ4v) is 1.68. The Morgan fingerprint density at radius 3 is 3.06 bits per heavy atom. The molecule has 0 saturated heterocycles. The molecule has 1 aromatic heterocycles. The lowest BCUT2D eigenvalue weighted by Crippen LogP contribution is -2.33. The van der Waals surface area contributed by atoms with E-state index in [0.717, 1.165) is 12.3 Å². The molecule has 1 heterocycles. The van der Waals surface area contributed by atoms with Gasteiger partial charge in [-0.2, -0.15) is 0 Å². The Kier molecular flexibility index (Phi) is 4.20. The van der Waals surface area contributed by atoms with Crippen LogP contribution < -0.4 is 5.32 Å². The topological polar surface area (TPSA) is 54.6 Å². The van der Waals surface area contributed by atoms with Gasteiger partial charge in [0.05, 0.1) is 19.0 Å². The van der Waals surface area contributed by atoms with Crippen LogP contribution in [0, 0.1) is 5.41 Å². The minimum atomic E-state index is -0.452. The maximum Gasteiger partial charge on any atom is 0.129 e. The molecule has 1 unspecified atom stereocenters. The van der Waals surface area contributed by atoms with E-state index in [1.165, 1.54) is 12.8 Å². The maximum atomic E-state index is 9.68. The van der Waals surface area contributed by atoms with Crippen LogP contribution in [0.2, 0.25) is 0 Å². The predicted octanol–water partition coefficient (Wildman–Crippen LogP) is 1.55. The third kappa shape index (κ3) is 4.50. The summed E-state index contributed by atoms with van der Waals surface area (Å²) < 4.78 is 10.5. The van der Waals surface area contributed by atoms with Crippen molar-refractivity contribution in [3.05, 3.63) is 24.2 Å². The van der Waals surface area contributed by atoms with Gasteiger partial charge >= 0.3 is 0 Å². The van der Waals surface area contributed by atoms with E-state index in [9.17, 15) is 5.11 Å². The Balaban J connectivity index is 1.50.